The SMILES string of the molecule is COC(=O)/C=C\n1ncc(=O)[nH]c1=O. The average molecular weight is 197 g/mol. The van der Waals surface area contributed by atoms with Crippen LogP contribution in [0.25, 0.3) is 6.20 Å². The van der Waals surface area contributed by atoms with Crippen LogP contribution in [0.3, 0.4) is 0 Å². The van der Waals surface area contributed by atoms with Gasteiger partial charge in [0.15, 0.2) is 0 Å². The van der Waals surface area contributed by atoms with Crippen molar-refractivity contribution >= 4 is 12.2 Å². The van der Waals surface area contributed by atoms with E-state index in [2.05, 4.69) is 9.84 Å². The quantitative estimate of drug-likeness (QED) is 0.463. The highest BCUT2D eigenvalue weighted by Gasteiger charge is 1.95. The second-order valence-electron chi connectivity index (χ2n) is 2.22. The van der Waals surface area contributed by atoms with Crippen molar-refractivity contribution < 1.29 is 9.53 Å². The molecule has 0 amide bonds. The van der Waals surface area contributed by atoms with Crippen LogP contribution < -0.4 is 11.2 Å². The number of hydrogen-bond donors (Lipinski definition) is 1. The van der Waals surface area contributed by atoms with Gasteiger partial charge in [-0.15, -0.1) is 0 Å². The van der Waals surface area contributed by atoms with Crippen LogP contribution in [0.2, 0.25) is 0 Å². The summed E-state index contributed by atoms with van der Waals surface area (Å²) >= 11 is 0. The summed E-state index contributed by atoms with van der Waals surface area (Å²) in [5, 5.41) is 3.45. The van der Waals surface area contributed by atoms with E-state index in [0.29, 0.717) is 0 Å². The largest absolute Gasteiger partial charge is 0.466 e. The number of esters is 1. The van der Waals surface area contributed by atoms with E-state index in [1.54, 1.807) is 0 Å². The van der Waals surface area contributed by atoms with Crippen molar-refractivity contribution in [3.8, 4) is 0 Å². The molecule has 1 N–H and O–H groups in total. The van der Waals surface area contributed by atoms with Gasteiger partial charge in [-0.3, -0.25) is 9.78 Å². The monoisotopic (exact) mass is 197 g/mol. The van der Waals surface area contributed by atoms with Gasteiger partial charge in [-0.05, 0) is 0 Å². The summed E-state index contributed by atoms with van der Waals surface area (Å²) < 4.78 is 5.10. The number of aromatic amines is 1. The van der Waals surface area contributed by atoms with Gasteiger partial charge in [0.2, 0.25) is 0 Å². The van der Waals surface area contributed by atoms with Crippen molar-refractivity contribution in [3.05, 3.63) is 33.1 Å². The molecule has 7 nitrogen and oxygen atoms in total. The number of methoxy groups -OCH3 is 1. The molecule has 1 heterocycles. The minimum atomic E-state index is -0.724. The van der Waals surface area contributed by atoms with E-state index in [-0.39, 0.29) is 0 Å². The van der Waals surface area contributed by atoms with Crippen LogP contribution in [0.5, 0.6) is 0 Å². The summed E-state index contributed by atoms with van der Waals surface area (Å²) in [4.78, 5) is 34.2. The highest BCUT2D eigenvalue weighted by Crippen LogP contribution is 1.79. The van der Waals surface area contributed by atoms with Crippen LogP contribution in [-0.2, 0) is 9.53 Å². The predicted octanol–water partition coefficient (Wildman–Crippen LogP) is -1.42. The topological polar surface area (TPSA) is 94.1 Å². The van der Waals surface area contributed by atoms with Gasteiger partial charge in [0.1, 0.15) is 6.20 Å². The Morgan fingerprint density at radius 3 is 2.93 bits per heavy atom. The second-order valence-corrected chi connectivity index (χ2v) is 2.22. The number of ether oxygens (including phenoxy) is 1. The molecule has 0 saturated heterocycles. The van der Waals surface area contributed by atoms with Gasteiger partial charge >= 0.3 is 11.7 Å². The van der Waals surface area contributed by atoms with Crippen LogP contribution in [-0.4, -0.2) is 27.8 Å². The fourth-order valence-electron chi connectivity index (χ4n) is 0.668. The summed E-state index contributed by atoms with van der Waals surface area (Å²) in [7, 11) is 1.20. The molecule has 0 aliphatic carbocycles. The van der Waals surface area contributed by atoms with Gasteiger partial charge in [-0.2, -0.15) is 9.78 Å². The predicted molar refractivity (Wildman–Crippen MR) is 46.5 cm³/mol. The first-order valence-corrected chi connectivity index (χ1v) is 3.58. The Kier molecular flexibility index (Phi) is 2.95. The van der Waals surface area contributed by atoms with Crippen LogP contribution in [0.4, 0.5) is 0 Å². The number of nitrogens with zero attached hydrogens (tertiary/aromatic N) is 2. The molecular formula is C7H7N3O4. The molecule has 0 aliphatic heterocycles. The van der Waals surface area contributed by atoms with E-state index in [0.717, 1.165) is 23.2 Å². The van der Waals surface area contributed by atoms with E-state index < -0.39 is 17.2 Å². The first-order valence-electron chi connectivity index (χ1n) is 3.58. The molecule has 1 aromatic rings. The van der Waals surface area contributed by atoms with E-state index in [1.807, 2.05) is 4.98 Å². The van der Waals surface area contributed by atoms with Crippen molar-refractivity contribution in [1.82, 2.24) is 14.8 Å². The fraction of sp³-hybridized carbons (Fsp3) is 0.143. The van der Waals surface area contributed by atoms with Crippen LogP contribution >= 0.6 is 0 Å². The highest BCUT2D eigenvalue weighted by atomic mass is 16.5. The lowest BCUT2D eigenvalue weighted by molar-refractivity contribution is -0.134. The molecule has 0 spiro atoms. The molecule has 0 atom stereocenters. The van der Waals surface area contributed by atoms with E-state index in [4.69, 9.17) is 0 Å². The molecule has 74 valence electrons. The van der Waals surface area contributed by atoms with Crippen LogP contribution in [0, 0.1) is 0 Å². The highest BCUT2D eigenvalue weighted by molar-refractivity contribution is 5.84. The Morgan fingerprint density at radius 1 is 1.64 bits per heavy atom. The molecule has 14 heavy (non-hydrogen) atoms. The maximum Gasteiger partial charge on any atom is 0.348 e. The Balaban J connectivity index is 2.99. The molecule has 0 fully saturated rings. The zero-order chi connectivity index (χ0) is 10.6. The number of carbonyl (C=O) groups is 1. The molecule has 7 heteroatoms. The lowest BCUT2D eigenvalue weighted by Gasteiger charge is -1.93. The number of carbonyl (C=O) groups excluding carboxylic acids is 1. The molecule has 0 saturated carbocycles. The van der Waals surface area contributed by atoms with Crippen molar-refractivity contribution in [1.29, 1.82) is 0 Å². The zero-order valence-electron chi connectivity index (χ0n) is 7.26. The number of hydrogen-bond acceptors (Lipinski definition) is 5. The van der Waals surface area contributed by atoms with Crippen molar-refractivity contribution in [2.75, 3.05) is 7.11 Å². The standard InChI is InChI=1S/C7H7N3O4/c1-14-6(12)2-3-10-7(13)9-5(11)4-8-10/h2-4H,1H3,(H,9,11,13)/b3-2-. The maximum absolute atomic E-state index is 11.0. The van der Waals surface area contributed by atoms with Gasteiger partial charge < -0.3 is 4.74 Å². The fourth-order valence-corrected chi connectivity index (χ4v) is 0.668. The number of aromatic nitrogens is 3. The van der Waals surface area contributed by atoms with E-state index >= 15 is 0 Å². The Labute approximate surface area is 77.6 Å². The van der Waals surface area contributed by atoms with E-state index in [9.17, 15) is 14.4 Å². The molecule has 0 aliphatic rings. The molecule has 0 bridgehead atoms. The maximum atomic E-state index is 11.0. The number of rotatable bonds is 2. The number of nitrogens with one attached hydrogen (secondary N) is 1. The van der Waals surface area contributed by atoms with Crippen molar-refractivity contribution in [2.45, 2.75) is 0 Å². The normalized spacial score (nSPS) is 10.4. The Morgan fingerprint density at radius 2 is 2.36 bits per heavy atom. The minimum Gasteiger partial charge on any atom is -0.466 e. The van der Waals surface area contributed by atoms with Gasteiger partial charge in [0.25, 0.3) is 5.56 Å². The summed E-state index contributed by atoms with van der Waals surface area (Å²) in [6.45, 7) is 0. The molecule has 0 aromatic carbocycles. The Bertz CT molecular complexity index is 470. The first kappa shape index (κ1) is 9.90. The van der Waals surface area contributed by atoms with Crippen LogP contribution in [0.15, 0.2) is 21.9 Å². The lowest BCUT2D eigenvalue weighted by atomic mass is 10.6. The van der Waals surface area contributed by atoms with Gasteiger partial charge in [0.05, 0.1) is 7.11 Å². The third-order valence-electron chi connectivity index (χ3n) is 1.29. The van der Waals surface area contributed by atoms with Crippen molar-refractivity contribution in [2.24, 2.45) is 0 Å². The summed E-state index contributed by atoms with van der Waals surface area (Å²) in [5.74, 6) is -0.620. The zero-order valence-corrected chi connectivity index (χ0v) is 7.26. The lowest BCUT2D eigenvalue weighted by Crippen LogP contribution is -2.28. The third-order valence-corrected chi connectivity index (χ3v) is 1.29. The molecule has 0 radical (unpaired) electrons. The molecular weight excluding hydrogens is 190 g/mol. The molecule has 0 unspecified atom stereocenters. The third kappa shape index (κ3) is 2.41. The van der Waals surface area contributed by atoms with Crippen LogP contribution in [0.1, 0.15) is 0 Å². The van der Waals surface area contributed by atoms with E-state index in [1.165, 1.54) is 7.11 Å². The second kappa shape index (κ2) is 4.17. The minimum absolute atomic E-state index is 0.599. The van der Waals surface area contributed by atoms with Crippen molar-refractivity contribution in [3.63, 3.8) is 0 Å². The van der Waals surface area contributed by atoms with Gasteiger partial charge in [-0.25, -0.2) is 9.59 Å². The summed E-state index contributed by atoms with van der Waals surface area (Å²) in [6, 6.07) is 0. The van der Waals surface area contributed by atoms with Gasteiger partial charge in [-0.1, -0.05) is 0 Å². The Hall–Kier alpha value is -2.18. The smallest absolute Gasteiger partial charge is 0.348 e. The number of H-pyrrole nitrogens is 1. The average Bonchev–Trinajstić information content (AvgIpc) is 2.16. The first-order chi connectivity index (χ1) is 6.63. The molecule has 1 rings (SSSR count). The molecule has 1 aromatic heterocycles. The summed E-state index contributed by atoms with van der Waals surface area (Å²) in [5.41, 5.74) is -1.32. The van der Waals surface area contributed by atoms with Gasteiger partial charge in [0, 0.05) is 12.3 Å². The summed E-state index contributed by atoms with van der Waals surface area (Å²) in [6.07, 6.45) is 3.01.